The molecule has 0 aliphatic carbocycles. The molecule has 1 aromatic carbocycles. The smallest absolute Gasteiger partial charge is 0.232 e. The Hall–Kier alpha value is -1.94. The van der Waals surface area contributed by atoms with Gasteiger partial charge in [-0.25, -0.2) is 9.97 Å². The van der Waals surface area contributed by atoms with Gasteiger partial charge in [0.25, 0.3) is 0 Å². The van der Waals surface area contributed by atoms with E-state index in [0.717, 1.165) is 10.9 Å². The van der Waals surface area contributed by atoms with Crippen LogP contribution in [-0.2, 0) is 4.79 Å². The molecular weight excluding hydrogens is 262 g/mol. The highest BCUT2D eigenvalue weighted by Crippen LogP contribution is 2.26. The molecule has 0 bridgehead atoms. The number of rotatable bonds is 2. The molecule has 3 rings (SSSR count). The zero-order chi connectivity index (χ0) is 13.4. The van der Waals surface area contributed by atoms with E-state index in [1.165, 1.54) is 0 Å². The van der Waals surface area contributed by atoms with Crippen molar-refractivity contribution < 1.29 is 4.79 Å². The summed E-state index contributed by atoms with van der Waals surface area (Å²) in [5.74, 6) is 0.640. The van der Waals surface area contributed by atoms with Crippen LogP contribution >= 0.6 is 11.6 Å². The first-order chi connectivity index (χ1) is 9.19. The van der Waals surface area contributed by atoms with Gasteiger partial charge in [0.15, 0.2) is 0 Å². The Kier molecular flexibility index (Phi) is 2.95. The van der Waals surface area contributed by atoms with Crippen molar-refractivity contribution in [3.8, 4) is 0 Å². The first kappa shape index (κ1) is 12.1. The number of hydrogen-bond donors (Lipinski definition) is 0. The van der Waals surface area contributed by atoms with Crippen molar-refractivity contribution in [2.75, 3.05) is 11.4 Å². The van der Waals surface area contributed by atoms with Gasteiger partial charge in [0.1, 0.15) is 0 Å². The lowest BCUT2D eigenvalue weighted by Crippen LogP contribution is -2.26. The van der Waals surface area contributed by atoms with Crippen molar-refractivity contribution in [3.63, 3.8) is 0 Å². The van der Waals surface area contributed by atoms with Crippen LogP contribution in [0.15, 0.2) is 37.1 Å². The molecule has 1 aromatic heterocycles. The standard InChI is InChI=1S/C14H12ClN3O/c1-2-9-6-13(19)18(8-9)14-16-7-10-11(15)4-3-5-12(10)17-14/h2-5,7,9H,1,6,8H2. The van der Waals surface area contributed by atoms with Crippen LogP contribution < -0.4 is 4.90 Å². The van der Waals surface area contributed by atoms with E-state index < -0.39 is 0 Å². The Morgan fingerprint density at radius 1 is 1.47 bits per heavy atom. The van der Waals surface area contributed by atoms with E-state index in [1.54, 1.807) is 23.2 Å². The minimum absolute atomic E-state index is 0.0336. The van der Waals surface area contributed by atoms with Crippen LogP contribution in [-0.4, -0.2) is 22.4 Å². The quantitative estimate of drug-likeness (QED) is 0.791. The fourth-order valence-corrected chi connectivity index (χ4v) is 2.44. The molecule has 1 amide bonds. The second kappa shape index (κ2) is 4.63. The minimum atomic E-state index is 0.0336. The zero-order valence-electron chi connectivity index (χ0n) is 10.2. The number of anilines is 1. The first-order valence-corrected chi connectivity index (χ1v) is 6.41. The number of hydrogen-bond acceptors (Lipinski definition) is 3. The second-order valence-electron chi connectivity index (χ2n) is 4.55. The van der Waals surface area contributed by atoms with Gasteiger partial charge < -0.3 is 0 Å². The Bertz CT molecular complexity index is 671. The van der Waals surface area contributed by atoms with Crippen molar-refractivity contribution in [1.82, 2.24) is 9.97 Å². The molecule has 1 atom stereocenters. The summed E-state index contributed by atoms with van der Waals surface area (Å²) in [5, 5.41) is 1.40. The van der Waals surface area contributed by atoms with E-state index in [2.05, 4.69) is 16.5 Å². The normalized spacial score (nSPS) is 19.1. The van der Waals surface area contributed by atoms with Crippen molar-refractivity contribution in [1.29, 1.82) is 0 Å². The maximum Gasteiger partial charge on any atom is 0.232 e. The average Bonchev–Trinajstić information content (AvgIpc) is 2.80. The molecule has 0 radical (unpaired) electrons. The zero-order valence-corrected chi connectivity index (χ0v) is 11.0. The number of fused-ring (bicyclic) bond motifs is 1. The van der Waals surface area contributed by atoms with E-state index in [4.69, 9.17) is 11.6 Å². The molecule has 2 heterocycles. The molecule has 1 aliphatic rings. The first-order valence-electron chi connectivity index (χ1n) is 6.03. The largest absolute Gasteiger partial charge is 0.280 e. The van der Waals surface area contributed by atoms with Crippen LogP contribution in [0.5, 0.6) is 0 Å². The van der Waals surface area contributed by atoms with Gasteiger partial charge in [-0.2, -0.15) is 0 Å². The van der Waals surface area contributed by atoms with Crippen LogP contribution in [0.2, 0.25) is 5.02 Å². The van der Waals surface area contributed by atoms with Gasteiger partial charge in [-0.1, -0.05) is 23.7 Å². The highest BCUT2D eigenvalue weighted by Gasteiger charge is 2.30. The minimum Gasteiger partial charge on any atom is -0.280 e. The predicted molar refractivity (Wildman–Crippen MR) is 75.2 cm³/mol. The molecule has 2 aromatic rings. The molecule has 1 aliphatic heterocycles. The van der Waals surface area contributed by atoms with Gasteiger partial charge in [-0.3, -0.25) is 9.69 Å². The van der Waals surface area contributed by atoms with Crippen molar-refractivity contribution in [3.05, 3.63) is 42.1 Å². The second-order valence-corrected chi connectivity index (χ2v) is 4.95. The van der Waals surface area contributed by atoms with Gasteiger partial charge in [0.2, 0.25) is 11.9 Å². The number of aromatic nitrogens is 2. The summed E-state index contributed by atoms with van der Waals surface area (Å²) < 4.78 is 0. The third kappa shape index (κ3) is 2.08. The van der Waals surface area contributed by atoms with E-state index in [1.807, 2.05) is 12.1 Å². The molecule has 0 spiro atoms. The summed E-state index contributed by atoms with van der Waals surface area (Å²) in [7, 11) is 0. The Balaban J connectivity index is 2.02. The molecule has 1 saturated heterocycles. The maximum atomic E-state index is 11.9. The maximum absolute atomic E-state index is 11.9. The van der Waals surface area contributed by atoms with Crippen molar-refractivity contribution >= 4 is 34.4 Å². The summed E-state index contributed by atoms with van der Waals surface area (Å²) in [6.45, 7) is 4.32. The molecule has 19 heavy (non-hydrogen) atoms. The van der Waals surface area contributed by atoms with E-state index >= 15 is 0 Å². The molecule has 0 N–H and O–H groups in total. The molecule has 0 saturated carbocycles. The molecule has 5 heteroatoms. The number of carbonyl (C=O) groups is 1. The van der Waals surface area contributed by atoms with Crippen molar-refractivity contribution in [2.45, 2.75) is 6.42 Å². The monoisotopic (exact) mass is 273 g/mol. The third-order valence-corrected chi connectivity index (χ3v) is 3.62. The highest BCUT2D eigenvalue weighted by molar-refractivity contribution is 6.35. The fraction of sp³-hybridized carbons (Fsp3) is 0.214. The van der Waals surface area contributed by atoms with Crippen LogP contribution in [0, 0.1) is 5.92 Å². The van der Waals surface area contributed by atoms with Crippen LogP contribution in [0.1, 0.15) is 6.42 Å². The molecule has 1 fully saturated rings. The van der Waals surface area contributed by atoms with Gasteiger partial charge in [0.05, 0.1) is 10.5 Å². The number of nitrogens with zero attached hydrogens (tertiary/aromatic N) is 3. The lowest BCUT2D eigenvalue weighted by Gasteiger charge is -2.14. The van der Waals surface area contributed by atoms with Crippen molar-refractivity contribution in [2.24, 2.45) is 5.92 Å². The summed E-state index contributed by atoms with van der Waals surface area (Å²) in [4.78, 5) is 22.2. The number of benzene rings is 1. The Labute approximate surface area is 115 Å². The summed E-state index contributed by atoms with van der Waals surface area (Å²) >= 11 is 6.07. The van der Waals surface area contributed by atoms with E-state index in [-0.39, 0.29) is 11.8 Å². The summed E-state index contributed by atoms with van der Waals surface area (Å²) in [6.07, 6.45) is 3.94. The Morgan fingerprint density at radius 2 is 2.32 bits per heavy atom. The molecule has 1 unspecified atom stereocenters. The summed E-state index contributed by atoms with van der Waals surface area (Å²) in [5.41, 5.74) is 0.743. The predicted octanol–water partition coefficient (Wildman–Crippen LogP) is 2.82. The van der Waals surface area contributed by atoms with Gasteiger partial charge in [-0.15, -0.1) is 6.58 Å². The third-order valence-electron chi connectivity index (χ3n) is 3.29. The lowest BCUT2D eigenvalue weighted by molar-refractivity contribution is -0.117. The van der Waals surface area contributed by atoms with E-state index in [9.17, 15) is 4.79 Å². The molecule has 4 nitrogen and oxygen atoms in total. The lowest BCUT2D eigenvalue weighted by atomic mass is 10.1. The van der Waals surface area contributed by atoms with Crippen LogP contribution in [0.3, 0.4) is 0 Å². The number of halogens is 1. The van der Waals surface area contributed by atoms with Crippen LogP contribution in [0.25, 0.3) is 10.9 Å². The van der Waals surface area contributed by atoms with Crippen LogP contribution in [0.4, 0.5) is 5.95 Å². The number of carbonyl (C=O) groups excluding carboxylic acids is 1. The summed E-state index contributed by atoms with van der Waals surface area (Å²) in [6, 6.07) is 5.49. The molecular formula is C14H12ClN3O. The average molecular weight is 274 g/mol. The van der Waals surface area contributed by atoms with E-state index in [0.29, 0.717) is 23.9 Å². The van der Waals surface area contributed by atoms with Gasteiger partial charge in [-0.05, 0) is 12.1 Å². The fourth-order valence-electron chi connectivity index (χ4n) is 2.23. The van der Waals surface area contributed by atoms with Gasteiger partial charge in [0, 0.05) is 30.5 Å². The number of amides is 1. The molecule has 96 valence electrons. The Morgan fingerprint density at radius 3 is 3.05 bits per heavy atom. The topological polar surface area (TPSA) is 46.1 Å². The van der Waals surface area contributed by atoms with Gasteiger partial charge >= 0.3 is 0 Å². The highest BCUT2D eigenvalue weighted by atomic mass is 35.5. The SMILES string of the molecule is C=CC1CC(=O)N(c2ncc3c(Cl)cccc3n2)C1.